The Balaban J connectivity index is 2.90. The van der Waals surface area contributed by atoms with E-state index in [2.05, 4.69) is 12.6 Å². The summed E-state index contributed by atoms with van der Waals surface area (Å²) in [6.07, 6.45) is 0. The summed E-state index contributed by atoms with van der Waals surface area (Å²) in [4.78, 5) is 11.6. The van der Waals surface area contributed by atoms with Crippen molar-refractivity contribution < 1.29 is 9.90 Å². The first-order chi connectivity index (χ1) is 6.61. The van der Waals surface area contributed by atoms with E-state index in [0.717, 1.165) is 9.60 Å². The van der Waals surface area contributed by atoms with Crippen LogP contribution in [-0.2, 0) is 0 Å². The van der Waals surface area contributed by atoms with Crippen molar-refractivity contribution in [3.8, 4) is 0 Å². The summed E-state index contributed by atoms with van der Waals surface area (Å²) in [7, 11) is 0. The number of hydrogen-bond acceptors (Lipinski definition) is 4. The number of hydrogen-bond donors (Lipinski definition) is 3. The number of thiol groups is 1. The van der Waals surface area contributed by atoms with Gasteiger partial charge in [-0.25, -0.2) is 4.79 Å². The molecule has 0 unspecified atom stereocenters. The van der Waals surface area contributed by atoms with Crippen molar-refractivity contribution in [3.63, 3.8) is 0 Å². The van der Waals surface area contributed by atoms with E-state index in [1.54, 1.807) is 17.5 Å². The zero-order valence-electron chi connectivity index (χ0n) is 7.02. The van der Waals surface area contributed by atoms with E-state index in [4.69, 9.17) is 10.8 Å². The predicted molar refractivity (Wildman–Crippen MR) is 60.4 cm³/mol. The first-order valence-electron chi connectivity index (χ1n) is 3.83. The number of thiophene rings is 1. The van der Waals surface area contributed by atoms with E-state index in [0.29, 0.717) is 11.1 Å². The van der Waals surface area contributed by atoms with E-state index < -0.39 is 5.97 Å². The number of rotatable bonds is 1. The van der Waals surface area contributed by atoms with Crippen LogP contribution < -0.4 is 5.73 Å². The summed E-state index contributed by atoms with van der Waals surface area (Å²) in [5, 5.41) is 11.1. The summed E-state index contributed by atoms with van der Waals surface area (Å²) in [6.45, 7) is 0. The highest BCUT2D eigenvalue weighted by atomic mass is 32.1. The fourth-order valence-electron chi connectivity index (χ4n) is 1.32. The smallest absolute Gasteiger partial charge is 0.337 e. The zero-order chi connectivity index (χ0) is 10.3. The Hall–Kier alpha value is -1.20. The van der Waals surface area contributed by atoms with Gasteiger partial charge in [0, 0.05) is 21.3 Å². The third kappa shape index (κ3) is 1.25. The molecule has 0 fully saturated rings. The molecule has 0 aliphatic rings. The van der Waals surface area contributed by atoms with Gasteiger partial charge in [0.2, 0.25) is 0 Å². The molecule has 0 amide bonds. The maximum absolute atomic E-state index is 10.9. The van der Waals surface area contributed by atoms with E-state index in [9.17, 15) is 4.79 Å². The molecule has 5 heteroatoms. The highest BCUT2D eigenvalue weighted by molar-refractivity contribution is 7.80. The Morgan fingerprint density at radius 2 is 2.21 bits per heavy atom. The number of carboxylic acid groups (broad SMARTS) is 1. The molecule has 3 nitrogen and oxygen atoms in total. The van der Waals surface area contributed by atoms with E-state index in [1.165, 1.54) is 11.3 Å². The second kappa shape index (κ2) is 3.18. The lowest BCUT2D eigenvalue weighted by molar-refractivity contribution is 0.0699. The fraction of sp³-hybridized carbons (Fsp3) is 0. The van der Waals surface area contributed by atoms with Crippen LogP contribution in [0.3, 0.4) is 0 Å². The van der Waals surface area contributed by atoms with Crippen LogP contribution in [0.4, 0.5) is 5.69 Å². The predicted octanol–water partition coefficient (Wildman–Crippen LogP) is 2.47. The number of anilines is 1. The van der Waals surface area contributed by atoms with Crippen LogP contribution in [0.1, 0.15) is 10.4 Å². The van der Waals surface area contributed by atoms with Gasteiger partial charge in [-0.05, 0) is 12.1 Å². The van der Waals surface area contributed by atoms with Gasteiger partial charge in [-0.1, -0.05) is 0 Å². The van der Waals surface area contributed by atoms with Crippen LogP contribution in [0.15, 0.2) is 22.4 Å². The van der Waals surface area contributed by atoms with Crippen molar-refractivity contribution >= 4 is 45.7 Å². The molecule has 0 aliphatic carbocycles. The van der Waals surface area contributed by atoms with Crippen molar-refractivity contribution in [1.82, 2.24) is 0 Å². The minimum absolute atomic E-state index is 0.249. The van der Waals surface area contributed by atoms with Crippen LogP contribution in [0.2, 0.25) is 0 Å². The van der Waals surface area contributed by atoms with Gasteiger partial charge < -0.3 is 10.8 Å². The fourth-order valence-corrected chi connectivity index (χ4v) is 2.65. The second-order valence-electron chi connectivity index (χ2n) is 2.83. The van der Waals surface area contributed by atoms with Crippen molar-refractivity contribution in [2.24, 2.45) is 0 Å². The Morgan fingerprint density at radius 3 is 2.86 bits per heavy atom. The number of aromatic carboxylic acids is 1. The second-order valence-corrected chi connectivity index (χ2v) is 4.19. The van der Waals surface area contributed by atoms with Crippen molar-refractivity contribution in [3.05, 3.63) is 23.1 Å². The Kier molecular flexibility index (Phi) is 2.13. The van der Waals surface area contributed by atoms with Crippen molar-refractivity contribution in [1.29, 1.82) is 0 Å². The average Bonchev–Trinajstić information content (AvgIpc) is 2.56. The third-order valence-corrected chi connectivity index (χ3v) is 3.50. The van der Waals surface area contributed by atoms with E-state index in [-0.39, 0.29) is 5.56 Å². The maximum Gasteiger partial charge on any atom is 0.337 e. The number of fused-ring (bicyclic) bond motifs is 1. The maximum atomic E-state index is 10.9. The number of carbonyl (C=O) groups is 1. The Bertz CT molecular complexity index is 519. The van der Waals surface area contributed by atoms with Gasteiger partial charge in [0.15, 0.2) is 0 Å². The minimum Gasteiger partial charge on any atom is -0.478 e. The molecular formula is C9H7NO2S2. The molecule has 2 aromatic rings. The lowest BCUT2D eigenvalue weighted by Gasteiger charge is -2.00. The van der Waals surface area contributed by atoms with Gasteiger partial charge in [-0.3, -0.25) is 0 Å². The largest absolute Gasteiger partial charge is 0.478 e. The zero-order valence-corrected chi connectivity index (χ0v) is 8.73. The first kappa shape index (κ1) is 9.36. The molecule has 1 heterocycles. The lowest BCUT2D eigenvalue weighted by Crippen LogP contribution is -1.96. The minimum atomic E-state index is -0.957. The average molecular weight is 225 g/mol. The standard InChI is InChI=1S/C9H7NO2S2/c10-5-1-2-6(13)8-7(5)4(3-14-8)9(11)12/h1-3,13H,10H2,(H,11,12). The number of nitrogen functional groups attached to an aromatic ring is 1. The van der Waals surface area contributed by atoms with Gasteiger partial charge in [0.25, 0.3) is 0 Å². The van der Waals surface area contributed by atoms with Gasteiger partial charge >= 0.3 is 5.97 Å². The third-order valence-electron chi connectivity index (χ3n) is 1.96. The van der Waals surface area contributed by atoms with Gasteiger partial charge in [0.1, 0.15) is 0 Å². The molecule has 1 aromatic heterocycles. The summed E-state index contributed by atoms with van der Waals surface area (Å²) >= 11 is 5.59. The van der Waals surface area contributed by atoms with Gasteiger partial charge in [-0.2, -0.15) is 0 Å². The Labute approximate surface area is 89.6 Å². The van der Waals surface area contributed by atoms with Crippen LogP contribution in [-0.4, -0.2) is 11.1 Å². The summed E-state index contributed by atoms with van der Waals surface area (Å²) in [6, 6.07) is 3.44. The molecule has 2 rings (SSSR count). The normalized spacial score (nSPS) is 10.6. The molecule has 0 spiro atoms. The molecule has 0 saturated heterocycles. The highest BCUT2D eigenvalue weighted by Gasteiger charge is 2.14. The summed E-state index contributed by atoms with van der Waals surface area (Å²) < 4.78 is 0.825. The molecular weight excluding hydrogens is 218 g/mol. The molecule has 0 bridgehead atoms. The summed E-state index contributed by atoms with van der Waals surface area (Å²) in [5.41, 5.74) is 6.45. The van der Waals surface area contributed by atoms with Crippen LogP contribution in [0.25, 0.3) is 10.1 Å². The molecule has 3 N–H and O–H groups in total. The number of carboxylic acids is 1. The SMILES string of the molecule is Nc1ccc(S)c2scc(C(=O)O)c12. The van der Waals surface area contributed by atoms with Crippen molar-refractivity contribution in [2.45, 2.75) is 4.90 Å². The lowest BCUT2D eigenvalue weighted by atomic mass is 10.1. The Morgan fingerprint density at radius 1 is 1.50 bits per heavy atom. The van der Waals surface area contributed by atoms with Gasteiger partial charge in [0.05, 0.1) is 10.3 Å². The van der Waals surface area contributed by atoms with Crippen molar-refractivity contribution in [2.75, 3.05) is 5.73 Å². The summed E-state index contributed by atoms with van der Waals surface area (Å²) in [5.74, 6) is -0.957. The molecule has 0 aliphatic heterocycles. The van der Waals surface area contributed by atoms with Crippen LogP contribution in [0.5, 0.6) is 0 Å². The topological polar surface area (TPSA) is 63.3 Å². The molecule has 0 saturated carbocycles. The molecule has 14 heavy (non-hydrogen) atoms. The monoisotopic (exact) mass is 225 g/mol. The first-order valence-corrected chi connectivity index (χ1v) is 5.16. The molecule has 72 valence electrons. The number of nitrogens with two attached hydrogens (primary N) is 1. The molecule has 0 atom stereocenters. The molecule has 1 aromatic carbocycles. The van der Waals surface area contributed by atoms with Crippen LogP contribution in [0, 0.1) is 0 Å². The highest BCUT2D eigenvalue weighted by Crippen LogP contribution is 2.35. The number of benzene rings is 1. The van der Waals surface area contributed by atoms with E-state index >= 15 is 0 Å². The van der Waals surface area contributed by atoms with E-state index in [1.807, 2.05) is 0 Å². The van der Waals surface area contributed by atoms with Gasteiger partial charge in [-0.15, -0.1) is 24.0 Å². The van der Waals surface area contributed by atoms with Crippen LogP contribution >= 0.6 is 24.0 Å². The quantitative estimate of drug-likeness (QED) is 0.516. The molecule has 0 radical (unpaired) electrons.